The lowest BCUT2D eigenvalue weighted by atomic mass is 10.8. The van der Waals surface area contributed by atoms with Gasteiger partial charge >= 0.3 is 0 Å². The van der Waals surface area contributed by atoms with Crippen molar-refractivity contribution in [3.63, 3.8) is 0 Å². The van der Waals surface area contributed by atoms with Crippen LogP contribution in [0.4, 0.5) is 0 Å². The minimum Gasteiger partial charge on any atom is -0.151 e. The molecule has 0 radical (unpaired) electrons. The van der Waals surface area contributed by atoms with E-state index in [1.165, 1.54) is 0 Å². The fourth-order valence-electron chi connectivity index (χ4n) is 0.180. The molecule has 0 aromatic carbocycles. The molecular formula is C3H5NO. The van der Waals surface area contributed by atoms with Crippen molar-refractivity contribution < 1.29 is 0 Å². The minimum absolute atomic E-state index is 0.204. The molecule has 0 N–H and O–H groups in total. The highest BCUT2D eigenvalue weighted by atomic mass is 16.3. The van der Waals surface area contributed by atoms with E-state index in [2.05, 4.69) is 5.18 Å². The molecule has 2 nitrogen and oxygen atoms in total. The molecule has 2 heteroatoms. The SMILES string of the molecule is O=NC1CC1. The molecule has 0 aromatic rings. The molecule has 1 aliphatic carbocycles. The molecule has 5 heavy (non-hydrogen) atoms. The molecule has 0 atom stereocenters. The second-order valence-electron chi connectivity index (χ2n) is 1.34. The molecule has 0 saturated heterocycles. The molecule has 0 heterocycles. The summed E-state index contributed by atoms with van der Waals surface area (Å²) in [4.78, 5) is 9.32. The van der Waals surface area contributed by atoms with Gasteiger partial charge in [0.25, 0.3) is 0 Å². The van der Waals surface area contributed by atoms with E-state index in [0.717, 1.165) is 12.8 Å². The largest absolute Gasteiger partial charge is 0.151 e. The fourth-order valence-corrected chi connectivity index (χ4v) is 0.180. The zero-order valence-corrected chi connectivity index (χ0v) is 2.85. The van der Waals surface area contributed by atoms with Gasteiger partial charge < -0.3 is 0 Å². The van der Waals surface area contributed by atoms with Gasteiger partial charge in [-0.1, -0.05) is 5.18 Å². The molecule has 1 rings (SSSR count). The summed E-state index contributed by atoms with van der Waals surface area (Å²) in [5.41, 5.74) is 0. The smallest absolute Gasteiger partial charge is 0.0921 e. The Labute approximate surface area is 30.2 Å². The molecule has 0 spiro atoms. The Morgan fingerprint density at radius 1 is 1.60 bits per heavy atom. The van der Waals surface area contributed by atoms with Crippen LogP contribution in [0.25, 0.3) is 0 Å². The lowest BCUT2D eigenvalue weighted by molar-refractivity contribution is 1.05. The van der Waals surface area contributed by atoms with Crippen molar-refractivity contribution in [2.75, 3.05) is 0 Å². The van der Waals surface area contributed by atoms with Crippen LogP contribution in [0.15, 0.2) is 5.18 Å². The summed E-state index contributed by atoms with van der Waals surface area (Å²) in [5, 5.41) is 2.75. The monoisotopic (exact) mass is 71.0 g/mol. The summed E-state index contributed by atoms with van der Waals surface area (Å²) in [6.45, 7) is 0. The van der Waals surface area contributed by atoms with E-state index >= 15 is 0 Å². The number of nitroso groups, excluding NO2 is 1. The van der Waals surface area contributed by atoms with Crippen LogP contribution in [0.2, 0.25) is 0 Å². The summed E-state index contributed by atoms with van der Waals surface area (Å²) in [6, 6.07) is 0.204. The number of rotatable bonds is 1. The van der Waals surface area contributed by atoms with E-state index in [9.17, 15) is 4.91 Å². The Balaban J connectivity index is 2.21. The van der Waals surface area contributed by atoms with Crippen molar-refractivity contribution in [3.05, 3.63) is 4.91 Å². The third-order valence-corrected chi connectivity index (χ3v) is 0.696. The summed E-state index contributed by atoms with van der Waals surface area (Å²) in [6.07, 6.45) is 2.06. The van der Waals surface area contributed by atoms with Gasteiger partial charge in [-0.3, -0.25) is 0 Å². The first-order valence-corrected chi connectivity index (χ1v) is 1.76. The molecule has 1 saturated carbocycles. The molecule has 1 fully saturated rings. The maximum Gasteiger partial charge on any atom is 0.0921 e. The Kier molecular flexibility index (Phi) is 0.437. The van der Waals surface area contributed by atoms with Gasteiger partial charge in [0.05, 0.1) is 6.04 Å². The number of nitrogens with zero attached hydrogens (tertiary/aromatic N) is 1. The van der Waals surface area contributed by atoms with Gasteiger partial charge in [0.1, 0.15) is 0 Å². The van der Waals surface area contributed by atoms with Gasteiger partial charge in [-0.2, -0.15) is 4.91 Å². The average Bonchev–Trinajstić information content (AvgIpc) is 2.12. The highest BCUT2D eigenvalue weighted by Crippen LogP contribution is 2.22. The predicted molar refractivity (Wildman–Crippen MR) is 18.8 cm³/mol. The number of hydrogen-bond acceptors (Lipinski definition) is 2. The molecule has 0 amide bonds. The highest BCUT2D eigenvalue weighted by Gasteiger charge is 2.21. The third-order valence-electron chi connectivity index (χ3n) is 0.696. The van der Waals surface area contributed by atoms with Crippen LogP contribution in [0.5, 0.6) is 0 Å². The van der Waals surface area contributed by atoms with Crippen LogP contribution in [-0.2, 0) is 0 Å². The van der Waals surface area contributed by atoms with Crippen molar-refractivity contribution in [3.8, 4) is 0 Å². The standard InChI is InChI=1S/C3H5NO/c5-4-3-1-2-3/h3H,1-2H2. The second-order valence-corrected chi connectivity index (χ2v) is 1.34. The van der Waals surface area contributed by atoms with Crippen LogP contribution >= 0.6 is 0 Å². The highest BCUT2D eigenvalue weighted by molar-refractivity contribution is 4.79. The number of hydrogen-bond donors (Lipinski definition) is 0. The molecular weight excluding hydrogens is 66.0 g/mol. The van der Waals surface area contributed by atoms with Crippen LogP contribution in [0.1, 0.15) is 12.8 Å². The van der Waals surface area contributed by atoms with Gasteiger partial charge in [0.2, 0.25) is 0 Å². The van der Waals surface area contributed by atoms with Crippen molar-refractivity contribution in [1.29, 1.82) is 0 Å². The van der Waals surface area contributed by atoms with Crippen molar-refractivity contribution in [2.45, 2.75) is 18.9 Å². The Bertz CT molecular complexity index is 48.9. The Hall–Kier alpha value is -0.400. The normalized spacial score (nSPS) is 22.4. The average molecular weight is 71.1 g/mol. The Morgan fingerprint density at radius 2 is 2.20 bits per heavy atom. The predicted octanol–water partition coefficient (Wildman–Crippen LogP) is 0.915. The first-order valence-electron chi connectivity index (χ1n) is 1.76. The second kappa shape index (κ2) is 0.776. The van der Waals surface area contributed by atoms with Gasteiger partial charge in [-0.05, 0) is 12.8 Å². The van der Waals surface area contributed by atoms with Crippen molar-refractivity contribution in [2.24, 2.45) is 5.18 Å². The lowest BCUT2D eigenvalue weighted by Crippen LogP contribution is -1.61. The summed E-state index contributed by atoms with van der Waals surface area (Å²) >= 11 is 0. The van der Waals surface area contributed by atoms with Crippen molar-refractivity contribution >= 4 is 0 Å². The topological polar surface area (TPSA) is 29.4 Å². The van der Waals surface area contributed by atoms with E-state index in [1.807, 2.05) is 0 Å². The van der Waals surface area contributed by atoms with Crippen LogP contribution in [0.3, 0.4) is 0 Å². The van der Waals surface area contributed by atoms with Crippen LogP contribution < -0.4 is 0 Å². The minimum atomic E-state index is 0.204. The first-order chi connectivity index (χ1) is 2.43. The molecule has 28 valence electrons. The van der Waals surface area contributed by atoms with Crippen molar-refractivity contribution in [1.82, 2.24) is 0 Å². The van der Waals surface area contributed by atoms with Gasteiger partial charge in [-0.25, -0.2) is 0 Å². The molecule has 0 unspecified atom stereocenters. The molecule has 0 aromatic heterocycles. The molecule has 0 aliphatic heterocycles. The fraction of sp³-hybridized carbons (Fsp3) is 1.00. The van der Waals surface area contributed by atoms with Gasteiger partial charge in [0.15, 0.2) is 0 Å². The Morgan fingerprint density at radius 3 is 2.20 bits per heavy atom. The first kappa shape index (κ1) is 2.82. The van der Waals surface area contributed by atoms with E-state index in [0.29, 0.717) is 0 Å². The van der Waals surface area contributed by atoms with Crippen LogP contribution in [0, 0.1) is 4.91 Å². The summed E-state index contributed by atoms with van der Waals surface area (Å²) in [5.74, 6) is 0. The quantitative estimate of drug-likeness (QED) is 0.422. The maximum absolute atomic E-state index is 9.32. The van der Waals surface area contributed by atoms with Gasteiger partial charge in [0, 0.05) is 0 Å². The van der Waals surface area contributed by atoms with Gasteiger partial charge in [-0.15, -0.1) is 0 Å². The molecule has 1 aliphatic rings. The summed E-state index contributed by atoms with van der Waals surface area (Å²) in [7, 11) is 0. The van der Waals surface area contributed by atoms with Crippen LogP contribution in [-0.4, -0.2) is 6.04 Å². The maximum atomic E-state index is 9.32. The molecule has 0 bridgehead atoms. The van der Waals surface area contributed by atoms with E-state index in [1.54, 1.807) is 0 Å². The zero-order chi connectivity index (χ0) is 3.70. The summed E-state index contributed by atoms with van der Waals surface area (Å²) < 4.78 is 0. The third kappa shape index (κ3) is 0.436. The zero-order valence-electron chi connectivity index (χ0n) is 2.85. The van der Waals surface area contributed by atoms with E-state index in [4.69, 9.17) is 0 Å². The van der Waals surface area contributed by atoms with E-state index < -0.39 is 0 Å². The van der Waals surface area contributed by atoms with E-state index in [-0.39, 0.29) is 6.04 Å². The lowest BCUT2D eigenvalue weighted by Gasteiger charge is -1.57.